The van der Waals surface area contributed by atoms with Gasteiger partial charge >= 0.3 is 5.97 Å². The molecular formula is C13H15ClN2O3. The first kappa shape index (κ1) is 15.0. The molecule has 1 atom stereocenters. The van der Waals surface area contributed by atoms with Crippen LogP contribution in [-0.2, 0) is 9.53 Å². The average Bonchev–Trinajstić information content (AvgIpc) is 2.38. The van der Waals surface area contributed by atoms with Crippen molar-refractivity contribution in [1.29, 1.82) is 0 Å². The van der Waals surface area contributed by atoms with E-state index < -0.39 is 18.0 Å². The lowest BCUT2D eigenvalue weighted by atomic mass is 10.2. The maximum Gasteiger partial charge on any atom is 0.338 e. The van der Waals surface area contributed by atoms with Crippen molar-refractivity contribution in [1.82, 2.24) is 5.32 Å². The Labute approximate surface area is 116 Å². The molecule has 5 nitrogen and oxygen atoms in total. The quantitative estimate of drug-likeness (QED) is 0.490. The van der Waals surface area contributed by atoms with Crippen molar-refractivity contribution in [2.75, 3.05) is 12.3 Å². The summed E-state index contributed by atoms with van der Waals surface area (Å²) in [6.07, 6.45) is 0.635. The van der Waals surface area contributed by atoms with E-state index in [-0.39, 0.29) is 11.3 Å². The summed E-state index contributed by atoms with van der Waals surface area (Å²) in [6.45, 7) is 5.27. The van der Waals surface area contributed by atoms with Gasteiger partial charge in [-0.1, -0.05) is 17.7 Å². The third-order valence-corrected chi connectivity index (χ3v) is 2.65. The van der Waals surface area contributed by atoms with Crippen LogP contribution in [0.25, 0.3) is 0 Å². The van der Waals surface area contributed by atoms with E-state index in [1.54, 1.807) is 0 Å². The zero-order chi connectivity index (χ0) is 14.4. The molecule has 1 rings (SSSR count). The Morgan fingerprint density at radius 2 is 2.26 bits per heavy atom. The number of esters is 1. The number of hydrogen-bond donors (Lipinski definition) is 2. The van der Waals surface area contributed by atoms with Gasteiger partial charge in [-0.3, -0.25) is 4.79 Å². The topological polar surface area (TPSA) is 81.4 Å². The van der Waals surface area contributed by atoms with E-state index in [1.165, 1.54) is 31.2 Å². The molecule has 0 radical (unpaired) electrons. The molecule has 0 fully saturated rings. The first-order chi connectivity index (χ1) is 8.95. The molecule has 0 aliphatic carbocycles. The summed E-state index contributed by atoms with van der Waals surface area (Å²) in [5, 5.41) is 2.88. The number of nitrogens with two attached hydrogens (primary N) is 1. The number of nitrogens with one attached hydrogen (secondary N) is 1. The normalized spacial score (nSPS) is 11.5. The van der Waals surface area contributed by atoms with Crippen molar-refractivity contribution in [3.05, 3.63) is 41.4 Å². The predicted octanol–water partition coefficient (Wildman–Crippen LogP) is 1.77. The number of halogens is 1. The first-order valence-electron chi connectivity index (χ1n) is 5.60. The fourth-order valence-corrected chi connectivity index (χ4v) is 1.39. The van der Waals surface area contributed by atoms with Crippen LogP contribution >= 0.6 is 11.6 Å². The van der Waals surface area contributed by atoms with Gasteiger partial charge in [-0.05, 0) is 25.1 Å². The second kappa shape index (κ2) is 6.80. The first-order valence-corrected chi connectivity index (χ1v) is 5.98. The molecule has 1 amide bonds. The van der Waals surface area contributed by atoms with E-state index in [4.69, 9.17) is 22.1 Å². The largest absolute Gasteiger partial charge is 0.449 e. The highest BCUT2D eigenvalue weighted by atomic mass is 35.5. The highest BCUT2D eigenvalue weighted by Gasteiger charge is 2.18. The molecule has 0 saturated heterocycles. The number of amides is 1. The fraction of sp³-hybridized carbons (Fsp3) is 0.231. The summed E-state index contributed by atoms with van der Waals surface area (Å²) < 4.78 is 5.01. The van der Waals surface area contributed by atoms with Gasteiger partial charge in [0.1, 0.15) is 0 Å². The summed E-state index contributed by atoms with van der Waals surface area (Å²) in [5.74, 6) is -1.03. The van der Waals surface area contributed by atoms with E-state index in [0.717, 1.165) is 0 Å². The second-order valence-electron chi connectivity index (χ2n) is 3.82. The molecule has 0 saturated carbocycles. The predicted molar refractivity (Wildman–Crippen MR) is 73.9 cm³/mol. The van der Waals surface area contributed by atoms with Crippen LogP contribution in [0.5, 0.6) is 0 Å². The van der Waals surface area contributed by atoms with Crippen LogP contribution in [0.15, 0.2) is 30.9 Å². The molecule has 3 N–H and O–H groups in total. The molecule has 0 aliphatic rings. The lowest BCUT2D eigenvalue weighted by molar-refractivity contribution is -0.128. The van der Waals surface area contributed by atoms with Crippen molar-refractivity contribution < 1.29 is 14.3 Å². The van der Waals surface area contributed by atoms with Gasteiger partial charge in [0, 0.05) is 6.54 Å². The molecule has 1 aromatic rings. The fourth-order valence-electron chi connectivity index (χ4n) is 1.27. The molecule has 1 aromatic carbocycles. The number of carbonyl (C=O) groups is 2. The third-order valence-electron chi connectivity index (χ3n) is 2.31. The van der Waals surface area contributed by atoms with Crippen molar-refractivity contribution in [2.45, 2.75) is 13.0 Å². The highest BCUT2D eigenvalue weighted by molar-refractivity contribution is 6.33. The number of anilines is 1. The van der Waals surface area contributed by atoms with Gasteiger partial charge in [-0.2, -0.15) is 0 Å². The molecule has 0 bridgehead atoms. The average molecular weight is 283 g/mol. The lowest BCUT2D eigenvalue weighted by Gasteiger charge is -2.13. The van der Waals surface area contributed by atoms with Gasteiger partial charge in [-0.15, -0.1) is 6.58 Å². The maximum absolute atomic E-state index is 11.8. The minimum atomic E-state index is -0.899. The Balaban J connectivity index is 2.65. The summed E-state index contributed by atoms with van der Waals surface area (Å²) in [6, 6.07) is 4.38. The zero-order valence-corrected chi connectivity index (χ0v) is 11.2. The van der Waals surface area contributed by atoms with Crippen LogP contribution < -0.4 is 11.1 Å². The number of carbonyl (C=O) groups excluding carboxylic acids is 2. The Hall–Kier alpha value is -2.01. The second-order valence-corrected chi connectivity index (χ2v) is 4.22. The molecule has 1 unspecified atom stereocenters. The van der Waals surface area contributed by atoms with Crippen molar-refractivity contribution in [3.8, 4) is 0 Å². The summed E-state index contributed by atoms with van der Waals surface area (Å²) in [5.41, 5.74) is 6.10. The Morgan fingerprint density at radius 3 is 2.84 bits per heavy atom. The molecule has 19 heavy (non-hydrogen) atoms. The highest BCUT2D eigenvalue weighted by Crippen LogP contribution is 2.20. The SMILES string of the molecule is C=CCNC(=O)C(C)OC(=O)c1ccc(Cl)c(N)c1. The van der Waals surface area contributed by atoms with E-state index in [2.05, 4.69) is 11.9 Å². The molecule has 0 aromatic heterocycles. The van der Waals surface area contributed by atoms with Gasteiger partial charge in [0.15, 0.2) is 6.10 Å². The molecule has 0 aliphatic heterocycles. The Kier molecular flexibility index (Phi) is 5.38. The Bertz CT molecular complexity index is 503. The maximum atomic E-state index is 11.8. The monoisotopic (exact) mass is 282 g/mol. The van der Waals surface area contributed by atoms with E-state index in [1.807, 2.05) is 0 Å². The van der Waals surface area contributed by atoms with Crippen LogP contribution in [0, 0.1) is 0 Å². The molecular weight excluding hydrogens is 268 g/mol. The molecule has 0 heterocycles. The van der Waals surface area contributed by atoms with Gasteiger partial charge in [0.2, 0.25) is 0 Å². The van der Waals surface area contributed by atoms with Crippen LogP contribution in [0.4, 0.5) is 5.69 Å². The van der Waals surface area contributed by atoms with Gasteiger partial charge < -0.3 is 15.8 Å². The number of hydrogen-bond acceptors (Lipinski definition) is 4. The third kappa shape index (κ3) is 4.30. The van der Waals surface area contributed by atoms with Crippen molar-refractivity contribution in [3.63, 3.8) is 0 Å². The summed E-state index contributed by atoms with van der Waals surface area (Å²) in [7, 11) is 0. The Morgan fingerprint density at radius 1 is 1.58 bits per heavy atom. The lowest BCUT2D eigenvalue weighted by Crippen LogP contribution is -2.35. The van der Waals surface area contributed by atoms with Gasteiger partial charge in [0.05, 0.1) is 16.3 Å². The number of benzene rings is 1. The number of ether oxygens (including phenoxy) is 1. The smallest absolute Gasteiger partial charge is 0.338 e. The zero-order valence-electron chi connectivity index (χ0n) is 10.5. The van der Waals surface area contributed by atoms with Crippen LogP contribution in [-0.4, -0.2) is 24.5 Å². The van der Waals surface area contributed by atoms with Gasteiger partial charge in [0.25, 0.3) is 5.91 Å². The van der Waals surface area contributed by atoms with Crippen LogP contribution in [0.2, 0.25) is 5.02 Å². The molecule has 102 valence electrons. The standard InChI is InChI=1S/C13H15ClN2O3/c1-3-6-16-12(17)8(2)19-13(18)9-4-5-10(14)11(15)7-9/h3-5,7-8H,1,6,15H2,2H3,(H,16,17). The van der Waals surface area contributed by atoms with Crippen molar-refractivity contribution >= 4 is 29.2 Å². The summed E-state index contributed by atoms with van der Waals surface area (Å²) >= 11 is 5.75. The summed E-state index contributed by atoms with van der Waals surface area (Å²) in [4.78, 5) is 23.3. The minimum absolute atomic E-state index is 0.241. The minimum Gasteiger partial charge on any atom is -0.449 e. The number of rotatable bonds is 5. The number of nitrogen functional groups attached to an aromatic ring is 1. The van der Waals surface area contributed by atoms with Gasteiger partial charge in [-0.25, -0.2) is 4.79 Å². The van der Waals surface area contributed by atoms with Crippen LogP contribution in [0.3, 0.4) is 0 Å². The van der Waals surface area contributed by atoms with E-state index in [9.17, 15) is 9.59 Å². The van der Waals surface area contributed by atoms with Crippen molar-refractivity contribution in [2.24, 2.45) is 0 Å². The molecule has 6 heteroatoms. The van der Waals surface area contributed by atoms with Crippen LogP contribution in [0.1, 0.15) is 17.3 Å². The molecule has 0 spiro atoms. The van der Waals surface area contributed by atoms with E-state index >= 15 is 0 Å². The van der Waals surface area contributed by atoms with E-state index in [0.29, 0.717) is 11.6 Å².